The number of urea groups is 1. The Balaban J connectivity index is 1.76. The molecule has 0 aliphatic carbocycles. The molecular weight excluding hydrogens is 327 g/mol. The first-order valence-corrected chi connectivity index (χ1v) is 7.34. The Morgan fingerprint density at radius 1 is 1.27 bits per heavy atom. The first-order chi connectivity index (χ1) is 10.6. The molecule has 0 saturated heterocycles. The van der Waals surface area contributed by atoms with Crippen molar-refractivity contribution in [1.29, 1.82) is 0 Å². The van der Waals surface area contributed by atoms with Crippen molar-refractivity contribution in [2.75, 3.05) is 11.9 Å². The van der Waals surface area contributed by atoms with Gasteiger partial charge in [0.2, 0.25) is 0 Å². The number of nitrogens with zero attached hydrogens (tertiary/aromatic N) is 2. The maximum Gasteiger partial charge on any atom is 0.319 e. The summed E-state index contributed by atoms with van der Waals surface area (Å²) < 4.78 is 1.34. The molecule has 1 aromatic heterocycles. The van der Waals surface area contributed by atoms with Gasteiger partial charge in [-0.15, -0.1) is 0 Å². The normalized spacial score (nSPS) is 10.3. The van der Waals surface area contributed by atoms with Gasteiger partial charge in [-0.3, -0.25) is 4.79 Å². The maximum atomic E-state index is 11.7. The quantitative estimate of drug-likeness (QED) is 0.821. The van der Waals surface area contributed by atoms with E-state index in [-0.39, 0.29) is 11.6 Å². The minimum Gasteiger partial charge on any atom is -0.338 e. The highest BCUT2D eigenvalue weighted by molar-refractivity contribution is 6.36. The monoisotopic (exact) mass is 340 g/mol. The van der Waals surface area contributed by atoms with E-state index in [0.717, 1.165) is 0 Å². The van der Waals surface area contributed by atoms with E-state index in [1.165, 1.54) is 10.7 Å². The SMILES string of the molecule is O=C(NCCCn1ncccc1=O)Nc1ccc(Cl)cc1Cl. The smallest absolute Gasteiger partial charge is 0.319 e. The second-order valence-corrected chi connectivity index (χ2v) is 5.29. The summed E-state index contributed by atoms with van der Waals surface area (Å²) in [5, 5.41) is 10.1. The Morgan fingerprint density at radius 3 is 2.82 bits per heavy atom. The number of carbonyl (C=O) groups is 1. The predicted molar refractivity (Wildman–Crippen MR) is 86.6 cm³/mol. The van der Waals surface area contributed by atoms with Gasteiger partial charge in [0.05, 0.1) is 10.7 Å². The van der Waals surface area contributed by atoms with E-state index < -0.39 is 0 Å². The zero-order valence-electron chi connectivity index (χ0n) is 11.6. The van der Waals surface area contributed by atoms with Crippen LogP contribution in [0.2, 0.25) is 10.0 Å². The van der Waals surface area contributed by atoms with Gasteiger partial charge < -0.3 is 10.6 Å². The molecule has 1 aromatic carbocycles. The Morgan fingerprint density at radius 2 is 2.09 bits per heavy atom. The molecule has 1 heterocycles. The largest absolute Gasteiger partial charge is 0.338 e. The first kappa shape index (κ1) is 16.3. The molecular formula is C14H14Cl2N4O2. The lowest BCUT2D eigenvalue weighted by Gasteiger charge is -2.09. The predicted octanol–water partition coefficient (Wildman–Crippen LogP) is 2.76. The number of rotatable bonds is 5. The van der Waals surface area contributed by atoms with Crippen LogP contribution in [0, 0.1) is 0 Å². The molecule has 2 amide bonds. The van der Waals surface area contributed by atoms with Gasteiger partial charge in [0, 0.05) is 30.4 Å². The summed E-state index contributed by atoms with van der Waals surface area (Å²) >= 11 is 11.7. The van der Waals surface area contributed by atoms with Gasteiger partial charge in [0.25, 0.3) is 5.56 Å². The molecule has 0 aliphatic rings. The summed E-state index contributed by atoms with van der Waals surface area (Å²) in [7, 11) is 0. The van der Waals surface area contributed by atoms with Gasteiger partial charge in [-0.05, 0) is 30.7 Å². The lowest BCUT2D eigenvalue weighted by molar-refractivity contribution is 0.251. The van der Waals surface area contributed by atoms with E-state index in [4.69, 9.17) is 23.2 Å². The summed E-state index contributed by atoms with van der Waals surface area (Å²) in [5.41, 5.74) is 0.310. The second-order valence-electron chi connectivity index (χ2n) is 4.44. The zero-order valence-corrected chi connectivity index (χ0v) is 13.1. The van der Waals surface area contributed by atoms with Crippen molar-refractivity contribution < 1.29 is 4.79 Å². The summed E-state index contributed by atoms with van der Waals surface area (Å²) in [4.78, 5) is 23.2. The second kappa shape index (κ2) is 7.82. The third-order valence-electron chi connectivity index (χ3n) is 2.80. The van der Waals surface area contributed by atoms with Crippen LogP contribution >= 0.6 is 23.2 Å². The minimum absolute atomic E-state index is 0.167. The van der Waals surface area contributed by atoms with Crippen molar-refractivity contribution in [2.45, 2.75) is 13.0 Å². The van der Waals surface area contributed by atoms with Crippen LogP contribution in [0.1, 0.15) is 6.42 Å². The molecule has 0 atom stereocenters. The van der Waals surface area contributed by atoms with Crippen LogP contribution in [0.5, 0.6) is 0 Å². The fourth-order valence-corrected chi connectivity index (χ4v) is 2.20. The highest BCUT2D eigenvalue weighted by atomic mass is 35.5. The molecule has 0 bridgehead atoms. The van der Waals surface area contributed by atoms with E-state index in [0.29, 0.717) is 35.2 Å². The lowest BCUT2D eigenvalue weighted by Crippen LogP contribution is -2.31. The summed E-state index contributed by atoms with van der Waals surface area (Å²) in [6.07, 6.45) is 2.13. The van der Waals surface area contributed by atoms with Crippen LogP contribution in [0.25, 0.3) is 0 Å². The number of nitrogens with one attached hydrogen (secondary N) is 2. The Kier molecular flexibility index (Phi) is 5.80. The zero-order chi connectivity index (χ0) is 15.9. The molecule has 8 heteroatoms. The maximum absolute atomic E-state index is 11.7. The average molecular weight is 341 g/mol. The van der Waals surface area contributed by atoms with Gasteiger partial charge in [0.1, 0.15) is 0 Å². The van der Waals surface area contributed by atoms with Crippen LogP contribution < -0.4 is 16.2 Å². The van der Waals surface area contributed by atoms with Gasteiger partial charge in [-0.25, -0.2) is 9.48 Å². The minimum atomic E-state index is -0.377. The van der Waals surface area contributed by atoms with Gasteiger partial charge >= 0.3 is 6.03 Å². The fourth-order valence-electron chi connectivity index (χ4n) is 1.74. The molecule has 0 fully saturated rings. The average Bonchev–Trinajstić information content (AvgIpc) is 2.48. The number of halogens is 2. The van der Waals surface area contributed by atoms with E-state index in [1.807, 2.05) is 0 Å². The molecule has 22 heavy (non-hydrogen) atoms. The molecule has 2 rings (SSSR count). The van der Waals surface area contributed by atoms with Gasteiger partial charge in [0.15, 0.2) is 0 Å². The topological polar surface area (TPSA) is 76.0 Å². The van der Waals surface area contributed by atoms with E-state index in [2.05, 4.69) is 15.7 Å². The number of aromatic nitrogens is 2. The molecule has 2 aromatic rings. The summed E-state index contributed by atoms with van der Waals surface area (Å²) in [5.74, 6) is 0. The number of carbonyl (C=O) groups excluding carboxylic acids is 1. The summed E-state index contributed by atoms with van der Waals surface area (Å²) in [6.45, 7) is 0.835. The number of amides is 2. The van der Waals surface area contributed by atoms with Gasteiger partial charge in [-0.1, -0.05) is 23.2 Å². The van der Waals surface area contributed by atoms with E-state index >= 15 is 0 Å². The van der Waals surface area contributed by atoms with Crippen LogP contribution in [0.3, 0.4) is 0 Å². The number of anilines is 1. The van der Waals surface area contributed by atoms with Crippen LogP contribution in [-0.4, -0.2) is 22.4 Å². The Hall–Kier alpha value is -2.05. The molecule has 116 valence electrons. The molecule has 0 unspecified atom stereocenters. The third-order valence-corrected chi connectivity index (χ3v) is 3.34. The van der Waals surface area contributed by atoms with Crippen molar-refractivity contribution >= 4 is 34.9 Å². The van der Waals surface area contributed by atoms with Crippen molar-refractivity contribution in [3.8, 4) is 0 Å². The van der Waals surface area contributed by atoms with Gasteiger partial charge in [-0.2, -0.15) is 5.10 Å². The lowest BCUT2D eigenvalue weighted by atomic mass is 10.3. The third kappa shape index (κ3) is 4.75. The highest BCUT2D eigenvalue weighted by Gasteiger charge is 2.05. The van der Waals surface area contributed by atoms with Crippen molar-refractivity contribution in [3.05, 3.63) is 56.9 Å². The summed E-state index contributed by atoms with van der Waals surface area (Å²) in [6, 6.07) is 7.45. The molecule has 6 nitrogen and oxygen atoms in total. The highest BCUT2D eigenvalue weighted by Crippen LogP contribution is 2.25. The molecule has 2 N–H and O–H groups in total. The molecule has 0 aliphatic heterocycles. The number of aryl methyl sites for hydroxylation is 1. The van der Waals surface area contributed by atoms with E-state index in [1.54, 1.807) is 30.5 Å². The van der Waals surface area contributed by atoms with Crippen molar-refractivity contribution in [1.82, 2.24) is 15.1 Å². The molecule has 0 saturated carbocycles. The Labute approximate surface area is 137 Å². The standard InChI is InChI=1S/C14H14Cl2N4O2/c15-10-4-5-12(11(16)9-10)19-14(22)17-6-2-8-20-13(21)3-1-7-18-20/h1,3-5,7,9H,2,6,8H2,(H2,17,19,22). The molecule has 0 spiro atoms. The fraction of sp³-hybridized carbons (Fsp3) is 0.214. The Bertz CT molecular complexity index is 718. The van der Waals surface area contributed by atoms with Crippen LogP contribution in [0.4, 0.5) is 10.5 Å². The first-order valence-electron chi connectivity index (χ1n) is 6.58. The number of hydrogen-bond donors (Lipinski definition) is 2. The van der Waals surface area contributed by atoms with Crippen LogP contribution in [-0.2, 0) is 6.54 Å². The molecule has 0 radical (unpaired) electrons. The van der Waals surface area contributed by atoms with Crippen molar-refractivity contribution in [3.63, 3.8) is 0 Å². The number of benzene rings is 1. The number of hydrogen-bond acceptors (Lipinski definition) is 3. The van der Waals surface area contributed by atoms with Crippen LogP contribution in [0.15, 0.2) is 41.3 Å². The van der Waals surface area contributed by atoms with E-state index in [9.17, 15) is 9.59 Å². The van der Waals surface area contributed by atoms with Crippen molar-refractivity contribution in [2.24, 2.45) is 0 Å².